The average Bonchev–Trinajstić information content (AvgIpc) is 2.21. The lowest BCUT2D eigenvalue weighted by molar-refractivity contribution is -0.933. The molecule has 0 amide bonds. The normalized spacial score (nSPS) is 37.8. The maximum atomic E-state index is 11.4. The van der Waals surface area contributed by atoms with Crippen molar-refractivity contribution in [3.05, 3.63) is 31.3 Å². The van der Waals surface area contributed by atoms with Crippen LogP contribution in [0.15, 0.2) is 11.1 Å². The van der Waals surface area contributed by atoms with E-state index in [1.54, 1.807) is 14.1 Å². The first-order valence-corrected chi connectivity index (χ1v) is 5.99. The molecule has 2 bridgehead atoms. The first kappa shape index (κ1) is 13.2. The number of halogens is 1. The molecular weight excluding hydrogens is 262 g/mol. The van der Waals surface area contributed by atoms with Crippen molar-refractivity contribution in [3.8, 4) is 0 Å². The summed E-state index contributed by atoms with van der Waals surface area (Å²) in [5, 5.41) is 22.9. The zero-order valence-electron chi connectivity index (χ0n) is 10.3. The molecule has 0 aromatic carbocycles. The summed E-state index contributed by atoms with van der Waals surface area (Å²) in [5.74, 6) is 0. The van der Waals surface area contributed by atoms with E-state index >= 15 is 0 Å². The largest absolute Gasteiger partial charge is 0.316 e. The van der Waals surface area contributed by atoms with E-state index < -0.39 is 16.0 Å². The van der Waals surface area contributed by atoms with Crippen LogP contribution in [0.1, 0.15) is 12.8 Å². The number of quaternary nitrogens is 1. The molecule has 0 saturated carbocycles. The molecular formula is C10H15ClN3O4+. The fraction of sp³-hybridized carbons (Fsp3) is 0.800. The fourth-order valence-electron chi connectivity index (χ4n) is 3.39. The Hall–Kier alpha value is -1.21. The van der Waals surface area contributed by atoms with Gasteiger partial charge in [0.05, 0.1) is 19.1 Å². The smallest absolute Gasteiger partial charge is 0.311 e. The van der Waals surface area contributed by atoms with Gasteiger partial charge in [0.15, 0.2) is 13.1 Å². The zero-order chi connectivity index (χ0) is 13.8. The zero-order valence-corrected chi connectivity index (χ0v) is 11.0. The number of likely N-dealkylation sites (tertiary alicyclic amines) is 1. The van der Waals surface area contributed by atoms with Crippen LogP contribution < -0.4 is 0 Å². The topological polar surface area (TPSA) is 86.3 Å². The third-order valence-electron chi connectivity index (χ3n) is 3.88. The van der Waals surface area contributed by atoms with Crippen LogP contribution in [0.5, 0.6) is 0 Å². The Morgan fingerprint density at radius 3 is 2.39 bits per heavy atom. The van der Waals surface area contributed by atoms with Gasteiger partial charge in [-0.2, -0.15) is 0 Å². The number of nitro groups is 2. The number of likely N-dealkylation sites (N-methyl/N-ethyl adjacent to an activating group) is 1. The maximum Gasteiger partial charge on any atom is 0.311 e. The van der Waals surface area contributed by atoms with Gasteiger partial charge in [-0.15, -0.1) is 0 Å². The molecule has 7 nitrogen and oxygen atoms in total. The summed E-state index contributed by atoms with van der Waals surface area (Å²) in [6.07, 6.45) is 1.50. The molecule has 1 saturated heterocycles. The SMILES string of the molecule is C[N+]1(C)C[C@]2([N+](=O)[O-])CC=C(Cl)[C@@]([N+](=O)[O-])(C2)C1. The molecule has 0 unspecified atom stereocenters. The van der Waals surface area contributed by atoms with Gasteiger partial charge in [-0.25, -0.2) is 0 Å². The molecule has 2 aliphatic rings. The lowest BCUT2D eigenvalue weighted by Crippen LogP contribution is -2.71. The fourth-order valence-corrected chi connectivity index (χ4v) is 3.66. The first-order valence-electron chi connectivity index (χ1n) is 5.61. The van der Waals surface area contributed by atoms with E-state index in [0.29, 0.717) is 0 Å². The summed E-state index contributed by atoms with van der Waals surface area (Å²) in [4.78, 5) is 21.9. The minimum absolute atomic E-state index is 0.114. The molecule has 0 aromatic heterocycles. The number of rotatable bonds is 2. The number of hydrogen-bond donors (Lipinski definition) is 0. The van der Waals surface area contributed by atoms with Crippen molar-refractivity contribution in [2.45, 2.75) is 23.9 Å². The summed E-state index contributed by atoms with van der Waals surface area (Å²) in [6, 6.07) is 0. The molecule has 100 valence electrons. The van der Waals surface area contributed by atoms with Crippen LogP contribution in [-0.2, 0) is 0 Å². The second-order valence-electron chi connectivity index (χ2n) is 5.96. The molecule has 0 radical (unpaired) electrons. The standard InChI is InChI=1S/C10H15ClN3O4/c1-14(2)6-9(12(15)16)4-3-8(11)10(5-9,7-14)13(17)18/h3H,4-7H2,1-2H3/q+1/t9-,10+/m0/s1. The minimum Gasteiger partial charge on any atom is -0.316 e. The molecule has 1 aliphatic carbocycles. The van der Waals surface area contributed by atoms with Crippen molar-refractivity contribution in [1.82, 2.24) is 0 Å². The molecule has 1 fully saturated rings. The van der Waals surface area contributed by atoms with Gasteiger partial charge in [0, 0.05) is 16.3 Å². The highest BCUT2D eigenvalue weighted by Gasteiger charge is 2.69. The summed E-state index contributed by atoms with van der Waals surface area (Å²) in [7, 11) is 3.54. The molecule has 1 aliphatic heterocycles. The van der Waals surface area contributed by atoms with Crippen molar-refractivity contribution in [1.29, 1.82) is 0 Å². The Kier molecular flexibility index (Phi) is 2.68. The van der Waals surface area contributed by atoms with Gasteiger partial charge in [-0.05, 0) is 0 Å². The highest BCUT2D eigenvalue weighted by molar-refractivity contribution is 6.30. The Morgan fingerprint density at radius 1 is 1.28 bits per heavy atom. The van der Waals surface area contributed by atoms with E-state index in [0.717, 1.165) is 0 Å². The number of fused-ring (bicyclic) bond motifs is 2. The molecule has 0 N–H and O–H groups in total. The van der Waals surface area contributed by atoms with E-state index in [-0.39, 0.29) is 40.4 Å². The highest BCUT2D eigenvalue weighted by Crippen LogP contribution is 2.46. The lowest BCUT2D eigenvalue weighted by Gasteiger charge is -2.47. The molecule has 2 atom stereocenters. The minimum atomic E-state index is -1.51. The molecule has 18 heavy (non-hydrogen) atoms. The predicted octanol–water partition coefficient (Wildman–Crippen LogP) is 1.02. The van der Waals surface area contributed by atoms with Crippen molar-refractivity contribution in [3.63, 3.8) is 0 Å². The summed E-state index contributed by atoms with van der Waals surface area (Å²) < 4.78 is 0.228. The summed E-state index contributed by atoms with van der Waals surface area (Å²) in [6.45, 7) is 0.473. The van der Waals surface area contributed by atoms with E-state index in [1.165, 1.54) is 6.08 Å². The van der Waals surface area contributed by atoms with Crippen molar-refractivity contribution in [2.24, 2.45) is 0 Å². The monoisotopic (exact) mass is 276 g/mol. The third kappa shape index (κ3) is 1.69. The first-order chi connectivity index (χ1) is 8.14. The Balaban J connectivity index is 2.59. The highest BCUT2D eigenvalue weighted by atomic mass is 35.5. The molecule has 0 spiro atoms. The van der Waals surface area contributed by atoms with Crippen molar-refractivity contribution in [2.75, 3.05) is 27.2 Å². The third-order valence-corrected chi connectivity index (χ3v) is 4.38. The van der Waals surface area contributed by atoms with Crippen LogP contribution in [0, 0.1) is 20.2 Å². The summed E-state index contributed by atoms with van der Waals surface area (Å²) >= 11 is 6.01. The van der Waals surface area contributed by atoms with Crippen LogP contribution in [0.25, 0.3) is 0 Å². The Labute approximate surface area is 109 Å². The Bertz CT molecular complexity index is 464. The second-order valence-corrected chi connectivity index (χ2v) is 6.36. The Morgan fingerprint density at radius 2 is 1.89 bits per heavy atom. The quantitative estimate of drug-likeness (QED) is 0.428. The van der Waals surface area contributed by atoms with Crippen molar-refractivity contribution >= 4 is 11.6 Å². The van der Waals surface area contributed by atoms with Gasteiger partial charge in [0.25, 0.3) is 5.54 Å². The molecule has 2 rings (SSSR count). The maximum absolute atomic E-state index is 11.4. The van der Waals surface area contributed by atoms with E-state index in [9.17, 15) is 20.2 Å². The van der Waals surface area contributed by atoms with Gasteiger partial charge < -0.3 is 4.48 Å². The van der Waals surface area contributed by atoms with Gasteiger partial charge in [0.2, 0.25) is 0 Å². The van der Waals surface area contributed by atoms with Gasteiger partial charge in [-0.3, -0.25) is 20.2 Å². The number of nitrogens with zero attached hydrogens (tertiary/aromatic N) is 3. The van der Waals surface area contributed by atoms with Crippen LogP contribution in [-0.4, -0.2) is 52.6 Å². The van der Waals surface area contributed by atoms with E-state index in [4.69, 9.17) is 11.6 Å². The average molecular weight is 277 g/mol. The van der Waals surface area contributed by atoms with Gasteiger partial charge in [0.1, 0.15) is 6.42 Å². The van der Waals surface area contributed by atoms with Crippen LogP contribution in [0.2, 0.25) is 0 Å². The number of piperidine rings is 1. The van der Waals surface area contributed by atoms with Gasteiger partial charge >= 0.3 is 5.54 Å². The van der Waals surface area contributed by atoms with Crippen LogP contribution in [0.4, 0.5) is 0 Å². The lowest BCUT2D eigenvalue weighted by atomic mass is 9.71. The molecule has 0 aromatic rings. The van der Waals surface area contributed by atoms with Gasteiger partial charge in [-0.1, -0.05) is 17.7 Å². The molecule has 8 heteroatoms. The predicted molar refractivity (Wildman–Crippen MR) is 64.5 cm³/mol. The summed E-state index contributed by atoms with van der Waals surface area (Å²) in [5.41, 5.74) is -2.78. The van der Waals surface area contributed by atoms with Crippen LogP contribution in [0.3, 0.4) is 0 Å². The van der Waals surface area contributed by atoms with E-state index in [2.05, 4.69) is 0 Å². The molecule has 1 heterocycles. The van der Waals surface area contributed by atoms with Crippen LogP contribution >= 0.6 is 11.6 Å². The van der Waals surface area contributed by atoms with Crippen molar-refractivity contribution < 1.29 is 14.3 Å². The second kappa shape index (κ2) is 3.64. The number of hydrogen-bond acceptors (Lipinski definition) is 4. The van der Waals surface area contributed by atoms with E-state index in [1.807, 2.05) is 0 Å².